The SMILES string of the molecule is CC(C)c1ccc(N2CC3(CNC3)C2)cc1C1CC1.[HH]. The van der Waals surface area contributed by atoms with Crippen molar-refractivity contribution in [2.45, 2.75) is 38.5 Å². The Hall–Kier alpha value is -1.02. The van der Waals surface area contributed by atoms with E-state index in [4.69, 9.17) is 0 Å². The highest BCUT2D eigenvalue weighted by atomic mass is 15.3. The summed E-state index contributed by atoms with van der Waals surface area (Å²) in [7, 11) is 0. The van der Waals surface area contributed by atoms with Gasteiger partial charge in [0, 0.05) is 38.7 Å². The number of benzene rings is 1. The van der Waals surface area contributed by atoms with E-state index in [2.05, 4.69) is 42.3 Å². The van der Waals surface area contributed by atoms with Crippen LogP contribution in [0.4, 0.5) is 5.69 Å². The van der Waals surface area contributed by atoms with Gasteiger partial charge in [-0.05, 0) is 47.9 Å². The molecule has 3 fully saturated rings. The summed E-state index contributed by atoms with van der Waals surface area (Å²) in [6.45, 7) is 9.60. The molecule has 1 aromatic carbocycles. The van der Waals surface area contributed by atoms with E-state index in [1.807, 2.05) is 0 Å². The highest BCUT2D eigenvalue weighted by Gasteiger charge is 2.47. The molecule has 0 radical (unpaired) electrons. The predicted molar refractivity (Wildman–Crippen MR) is 82.1 cm³/mol. The van der Waals surface area contributed by atoms with Crippen LogP contribution in [0.5, 0.6) is 0 Å². The van der Waals surface area contributed by atoms with Gasteiger partial charge >= 0.3 is 0 Å². The van der Waals surface area contributed by atoms with E-state index in [1.54, 1.807) is 11.1 Å². The van der Waals surface area contributed by atoms with Crippen LogP contribution in [0.1, 0.15) is 51.1 Å². The Labute approximate surface area is 117 Å². The molecule has 1 spiro atoms. The lowest BCUT2D eigenvalue weighted by Crippen LogP contribution is -2.71. The second-order valence-electron chi connectivity index (χ2n) is 7.20. The maximum absolute atomic E-state index is 3.41. The molecule has 2 nitrogen and oxygen atoms in total. The van der Waals surface area contributed by atoms with Crippen LogP contribution in [0.15, 0.2) is 18.2 Å². The molecule has 1 aromatic rings. The quantitative estimate of drug-likeness (QED) is 0.894. The van der Waals surface area contributed by atoms with Gasteiger partial charge in [0.2, 0.25) is 0 Å². The predicted octanol–water partition coefficient (Wildman–Crippen LogP) is 3.34. The highest BCUT2D eigenvalue weighted by Crippen LogP contribution is 2.46. The summed E-state index contributed by atoms with van der Waals surface area (Å²) in [6, 6.07) is 7.23. The Morgan fingerprint density at radius 2 is 2.00 bits per heavy atom. The Morgan fingerprint density at radius 1 is 1.26 bits per heavy atom. The fraction of sp³-hybridized carbons (Fsp3) is 0.647. The van der Waals surface area contributed by atoms with Crippen molar-refractivity contribution in [2.24, 2.45) is 5.41 Å². The molecular weight excluding hydrogens is 232 g/mol. The maximum Gasteiger partial charge on any atom is 0.0369 e. The summed E-state index contributed by atoms with van der Waals surface area (Å²) in [5.74, 6) is 1.51. The van der Waals surface area contributed by atoms with Crippen molar-refractivity contribution in [2.75, 3.05) is 31.1 Å². The molecule has 4 rings (SSSR count). The van der Waals surface area contributed by atoms with Crippen molar-refractivity contribution in [3.05, 3.63) is 29.3 Å². The molecule has 0 amide bonds. The number of anilines is 1. The molecule has 2 aliphatic heterocycles. The molecule has 0 unspecified atom stereocenters. The van der Waals surface area contributed by atoms with Crippen LogP contribution in [0.3, 0.4) is 0 Å². The minimum absolute atomic E-state index is 0. The minimum Gasteiger partial charge on any atom is -0.370 e. The van der Waals surface area contributed by atoms with Gasteiger partial charge in [-0.1, -0.05) is 19.9 Å². The van der Waals surface area contributed by atoms with Gasteiger partial charge in [0.15, 0.2) is 0 Å². The number of hydrogen-bond donors (Lipinski definition) is 1. The van der Waals surface area contributed by atoms with Crippen LogP contribution >= 0.6 is 0 Å². The molecule has 1 N–H and O–H groups in total. The van der Waals surface area contributed by atoms with Gasteiger partial charge in [0.1, 0.15) is 0 Å². The van der Waals surface area contributed by atoms with E-state index in [1.165, 1.54) is 44.7 Å². The third-order valence-electron chi connectivity index (χ3n) is 5.13. The van der Waals surface area contributed by atoms with Crippen molar-refractivity contribution < 1.29 is 1.43 Å². The van der Waals surface area contributed by atoms with Gasteiger partial charge < -0.3 is 10.2 Å². The molecule has 2 heterocycles. The largest absolute Gasteiger partial charge is 0.370 e. The number of hydrogen-bond acceptors (Lipinski definition) is 2. The smallest absolute Gasteiger partial charge is 0.0369 e. The summed E-state index contributed by atoms with van der Waals surface area (Å²) >= 11 is 0. The number of nitrogens with zero attached hydrogens (tertiary/aromatic N) is 1. The molecule has 0 atom stereocenters. The lowest BCUT2D eigenvalue weighted by atomic mass is 9.74. The van der Waals surface area contributed by atoms with Crippen LogP contribution in [-0.2, 0) is 0 Å². The van der Waals surface area contributed by atoms with Crippen molar-refractivity contribution in [1.29, 1.82) is 0 Å². The van der Waals surface area contributed by atoms with Crippen LogP contribution in [0.2, 0.25) is 0 Å². The molecule has 0 bridgehead atoms. The molecule has 2 saturated heterocycles. The summed E-state index contributed by atoms with van der Waals surface area (Å²) in [6.07, 6.45) is 2.80. The maximum atomic E-state index is 3.41. The second-order valence-corrected chi connectivity index (χ2v) is 7.20. The van der Waals surface area contributed by atoms with Crippen LogP contribution in [-0.4, -0.2) is 26.2 Å². The van der Waals surface area contributed by atoms with Gasteiger partial charge in [0.25, 0.3) is 0 Å². The lowest BCUT2D eigenvalue weighted by Gasteiger charge is -2.57. The van der Waals surface area contributed by atoms with E-state index < -0.39 is 0 Å². The lowest BCUT2D eigenvalue weighted by molar-refractivity contribution is 0.121. The summed E-state index contributed by atoms with van der Waals surface area (Å²) in [5.41, 5.74) is 5.30. The van der Waals surface area contributed by atoms with Gasteiger partial charge in [-0.25, -0.2) is 0 Å². The van der Waals surface area contributed by atoms with Gasteiger partial charge in [-0.2, -0.15) is 0 Å². The van der Waals surface area contributed by atoms with Crippen molar-refractivity contribution >= 4 is 5.69 Å². The first kappa shape index (κ1) is 11.8. The zero-order chi connectivity index (χ0) is 13.0. The van der Waals surface area contributed by atoms with Crippen LogP contribution in [0, 0.1) is 5.41 Å². The number of rotatable bonds is 3. The molecule has 0 aromatic heterocycles. The second kappa shape index (κ2) is 3.99. The first-order valence-electron chi connectivity index (χ1n) is 7.76. The monoisotopic (exact) mass is 258 g/mol. The van der Waals surface area contributed by atoms with Crippen molar-refractivity contribution in [3.63, 3.8) is 0 Å². The normalized spacial score (nSPS) is 24.5. The third-order valence-corrected chi connectivity index (χ3v) is 5.13. The Balaban J connectivity index is 0.00000121. The van der Waals surface area contributed by atoms with E-state index in [0.29, 0.717) is 11.3 Å². The standard InChI is InChI=1S/C17H24N2.H2/c1-12(2)15-6-5-14(7-16(15)13-3-4-13)19-10-17(11-19)8-18-9-17;/h5-7,12-13,18H,3-4,8-11H2,1-2H3;1H. The Morgan fingerprint density at radius 3 is 2.53 bits per heavy atom. The van der Waals surface area contributed by atoms with Gasteiger partial charge in [-0.3, -0.25) is 0 Å². The average molecular weight is 258 g/mol. The van der Waals surface area contributed by atoms with E-state index >= 15 is 0 Å². The summed E-state index contributed by atoms with van der Waals surface area (Å²) in [4.78, 5) is 2.57. The first-order valence-corrected chi connectivity index (χ1v) is 7.76. The first-order chi connectivity index (χ1) is 9.17. The zero-order valence-electron chi connectivity index (χ0n) is 12.1. The average Bonchev–Trinajstić information content (AvgIpc) is 3.08. The molecule has 104 valence electrons. The van der Waals surface area contributed by atoms with Crippen LogP contribution < -0.4 is 10.2 Å². The summed E-state index contributed by atoms with van der Waals surface area (Å²) < 4.78 is 0. The fourth-order valence-electron chi connectivity index (χ4n) is 3.68. The molecule has 19 heavy (non-hydrogen) atoms. The van der Waals surface area contributed by atoms with E-state index in [0.717, 1.165) is 5.92 Å². The molecule has 1 saturated carbocycles. The van der Waals surface area contributed by atoms with E-state index in [-0.39, 0.29) is 1.43 Å². The molecular formula is C17H26N2. The van der Waals surface area contributed by atoms with Gasteiger partial charge in [0.05, 0.1) is 0 Å². The van der Waals surface area contributed by atoms with Crippen molar-refractivity contribution in [3.8, 4) is 0 Å². The topological polar surface area (TPSA) is 15.3 Å². The zero-order valence-corrected chi connectivity index (χ0v) is 12.1. The number of nitrogens with one attached hydrogen (secondary N) is 1. The Bertz CT molecular complexity index is 496. The highest BCUT2D eigenvalue weighted by molar-refractivity contribution is 5.56. The van der Waals surface area contributed by atoms with E-state index in [9.17, 15) is 0 Å². The molecule has 2 heteroatoms. The van der Waals surface area contributed by atoms with Crippen LogP contribution in [0.25, 0.3) is 0 Å². The third kappa shape index (κ3) is 1.88. The Kier molecular flexibility index (Phi) is 2.47. The summed E-state index contributed by atoms with van der Waals surface area (Å²) in [5, 5.41) is 3.41. The molecule has 3 aliphatic rings. The molecule has 1 aliphatic carbocycles. The van der Waals surface area contributed by atoms with Gasteiger partial charge in [-0.15, -0.1) is 0 Å². The minimum atomic E-state index is 0. The fourth-order valence-corrected chi connectivity index (χ4v) is 3.68. The van der Waals surface area contributed by atoms with Crippen molar-refractivity contribution in [1.82, 2.24) is 5.32 Å².